The van der Waals surface area contributed by atoms with Crippen LogP contribution < -0.4 is 5.32 Å². The number of anilines is 1. The van der Waals surface area contributed by atoms with Gasteiger partial charge in [-0.15, -0.1) is 0 Å². The lowest BCUT2D eigenvalue weighted by Crippen LogP contribution is -2.13. The van der Waals surface area contributed by atoms with Crippen LogP contribution in [0.1, 0.15) is 0 Å². The van der Waals surface area contributed by atoms with Crippen LogP contribution in [0.15, 0.2) is 46.9 Å². The third kappa shape index (κ3) is 3.65. The molecule has 0 aliphatic carbocycles. The summed E-state index contributed by atoms with van der Waals surface area (Å²) >= 11 is 6.76. The van der Waals surface area contributed by atoms with E-state index in [9.17, 15) is 4.79 Å². The third-order valence-electron chi connectivity index (χ3n) is 3.03. The number of hydrogen-bond donors (Lipinski definition) is 1. The summed E-state index contributed by atoms with van der Waals surface area (Å²) in [5.41, 5.74) is 2.69. The van der Waals surface area contributed by atoms with Gasteiger partial charge in [-0.3, -0.25) is 4.79 Å². The molecule has 7 heteroatoms. The average molecular weight is 344 g/mol. The van der Waals surface area contributed by atoms with Gasteiger partial charge in [0, 0.05) is 16.3 Å². The minimum atomic E-state index is -0.239. The van der Waals surface area contributed by atoms with E-state index in [-0.39, 0.29) is 11.7 Å². The molecule has 0 aliphatic heterocycles. The normalized spacial score (nSPS) is 10.4. The molecule has 23 heavy (non-hydrogen) atoms. The van der Waals surface area contributed by atoms with Crippen LogP contribution in [0.25, 0.3) is 22.6 Å². The minimum absolute atomic E-state index is 0.0867. The van der Waals surface area contributed by atoms with Gasteiger partial charge in [0.2, 0.25) is 11.8 Å². The van der Waals surface area contributed by atoms with Gasteiger partial charge >= 0.3 is 0 Å². The Balaban J connectivity index is 1.85. The summed E-state index contributed by atoms with van der Waals surface area (Å²) in [7, 11) is 0. The van der Waals surface area contributed by atoms with Crippen molar-refractivity contribution in [2.75, 3.05) is 11.1 Å². The van der Waals surface area contributed by atoms with Crippen molar-refractivity contribution in [3.63, 3.8) is 0 Å². The van der Waals surface area contributed by atoms with Crippen LogP contribution in [0, 0.1) is 10.7 Å². The number of nitrogens with one attached hydrogen (secondary N) is 1. The zero-order valence-electron chi connectivity index (χ0n) is 11.7. The van der Waals surface area contributed by atoms with E-state index in [2.05, 4.69) is 10.3 Å². The summed E-state index contributed by atoms with van der Waals surface area (Å²) < 4.78 is 5.70. The first-order valence-electron chi connectivity index (χ1n) is 6.63. The molecular weight excluding hydrogens is 334 g/mol. The number of carbonyl (C=O) groups excluding carboxylic acids is 1. The molecule has 0 fully saturated rings. The molecule has 0 bridgehead atoms. The molecule has 0 saturated heterocycles. The predicted octanol–water partition coefficient (Wildman–Crippen LogP) is 4.30. The molecule has 0 atom stereocenters. The van der Waals surface area contributed by atoms with Crippen molar-refractivity contribution in [1.29, 1.82) is 5.26 Å². The number of aromatic nitrogens is 1. The fraction of sp³-hybridized carbons (Fsp3) is 0.0625. The van der Waals surface area contributed by atoms with Gasteiger partial charge in [-0.2, -0.15) is 5.26 Å². The van der Waals surface area contributed by atoms with Crippen molar-refractivity contribution in [2.45, 2.75) is 0 Å². The van der Waals surface area contributed by atoms with E-state index in [1.165, 1.54) is 0 Å². The monoisotopic (exact) mass is 343 g/mol. The number of fused-ring (bicyclic) bond motifs is 1. The number of oxazole rings is 1. The molecule has 0 spiro atoms. The Bertz CT molecular complexity index is 900. The van der Waals surface area contributed by atoms with Crippen molar-refractivity contribution in [2.24, 2.45) is 0 Å². The number of benzene rings is 2. The second-order valence-corrected chi connectivity index (χ2v) is 5.83. The van der Waals surface area contributed by atoms with Crippen molar-refractivity contribution in [3.8, 4) is 16.9 Å². The van der Waals surface area contributed by atoms with Crippen LogP contribution in [-0.2, 0) is 4.79 Å². The quantitative estimate of drug-likeness (QED) is 0.714. The highest BCUT2D eigenvalue weighted by atomic mass is 35.5. The molecule has 0 radical (unpaired) electrons. The van der Waals surface area contributed by atoms with Crippen LogP contribution in [-0.4, -0.2) is 16.6 Å². The van der Waals surface area contributed by atoms with Gasteiger partial charge in [-0.05, 0) is 54.2 Å². The van der Waals surface area contributed by atoms with E-state index in [0.717, 1.165) is 17.3 Å². The van der Waals surface area contributed by atoms with Crippen LogP contribution >= 0.6 is 23.4 Å². The van der Waals surface area contributed by atoms with Gasteiger partial charge in [0.15, 0.2) is 5.58 Å². The lowest BCUT2D eigenvalue weighted by atomic mass is 10.2. The van der Waals surface area contributed by atoms with E-state index >= 15 is 0 Å². The van der Waals surface area contributed by atoms with Crippen LogP contribution in [0.2, 0.25) is 5.02 Å². The Morgan fingerprint density at radius 2 is 2.09 bits per heavy atom. The van der Waals surface area contributed by atoms with E-state index in [1.807, 2.05) is 17.5 Å². The van der Waals surface area contributed by atoms with E-state index in [1.54, 1.807) is 30.3 Å². The lowest BCUT2D eigenvalue weighted by molar-refractivity contribution is -0.113. The summed E-state index contributed by atoms with van der Waals surface area (Å²) in [6.07, 6.45) is 0. The zero-order valence-corrected chi connectivity index (χ0v) is 13.3. The van der Waals surface area contributed by atoms with Crippen molar-refractivity contribution in [1.82, 2.24) is 4.98 Å². The molecular formula is C16H10ClN3O2S. The number of thioether (sulfide) groups is 1. The highest BCUT2D eigenvalue weighted by molar-refractivity contribution is 8.04. The number of nitrogens with zero attached hydrogens (tertiary/aromatic N) is 2. The maximum Gasteiger partial charge on any atom is 0.235 e. The van der Waals surface area contributed by atoms with Gasteiger partial charge in [0.25, 0.3) is 0 Å². The van der Waals surface area contributed by atoms with Crippen molar-refractivity contribution < 1.29 is 9.21 Å². The van der Waals surface area contributed by atoms with Crippen molar-refractivity contribution >= 4 is 46.1 Å². The first-order chi connectivity index (χ1) is 11.2. The van der Waals surface area contributed by atoms with Gasteiger partial charge in [-0.25, -0.2) is 4.98 Å². The molecule has 3 aromatic rings. The maximum absolute atomic E-state index is 11.6. The Kier molecular flexibility index (Phi) is 4.51. The summed E-state index contributed by atoms with van der Waals surface area (Å²) in [5, 5.41) is 13.7. The highest BCUT2D eigenvalue weighted by Gasteiger charge is 2.10. The fourth-order valence-electron chi connectivity index (χ4n) is 2.02. The molecule has 1 amide bonds. The smallest absolute Gasteiger partial charge is 0.235 e. The molecule has 2 aromatic carbocycles. The number of halogens is 1. The van der Waals surface area contributed by atoms with Crippen molar-refractivity contribution in [3.05, 3.63) is 47.5 Å². The van der Waals surface area contributed by atoms with Gasteiger partial charge < -0.3 is 9.73 Å². The number of amides is 1. The second-order valence-electron chi connectivity index (χ2n) is 4.64. The first-order valence-corrected chi connectivity index (χ1v) is 7.99. The summed E-state index contributed by atoms with van der Waals surface area (Å²) in [5.74, 6) is 0.334. The third-order valence-corrected chi connectivity index (χ3v) is 3.82. The average Bonchev–Trinajstić information content (AvgIpc) is 2.96. The first kappa shape index (κ1) is 15.4. The molecule has 0 unspecified atom stereocenters. The molecule has 1 heterocycles. The predicted molar refractivity (Wildman–Crippen MR) is 91.2 cm³/mol. The molecule has 1 aromatic heterocycles. The van der Waals surface area contributed by atoms with E-state index < -0.39 is 0 Å². The SMILES string of the molecule is N#CSCC(=O)Nc1ccc2oc(-c3ccc(Cl)cc3)nc2c1. The summed E-state index contributed by atoms with van der Waals surface area (Å²) in [4.78, 5) is 16.1. The molecule has 1 N–H and O–H groups in total. The topological polar surface area (TPSA) is 78.9 Å². The zero-order chi connectivity index (χ0) is 16.2. The van der Waals surface area contributed by atoms with Gasteiger partial charge in [0.05, 0.1) is 5.75 Å². The largest absolute Gasteiger partial charge is 0.436 e. The standard InChI is InChI=1S/C16H10ClN3O2S/c17-11-3-1-10(2-4-11)16-20-13-7-12(5-6-14(13)22-16)19-15(21)8-23-9-18/h1-7H,8H2,(H,19,21). The molecule has 3 rings (SSSR count). The molecule has 114 valence electrons. The molecule has 5 nitrogen and oxygen atoms in total. The number of rotatable bonds is 4. The van der Waals surface area contributed by atoms with Crippen LogP contribution in [0.5, 0.6) is 0 Å². The summed E-state index contributed by atoms with van der Waals surface area (Å²) in [6, 6.07) is 12.4. The Morgan fingerprint density at radius 1 is 1.30 bits per heavy atom. The molecule has 0 aliphatic rings. The van der Waals surface area contributed by atoms with Crippen LogP contribution in [0.3, 0.4) is 0 Å². The number of hydrogen-bond acceptors (Lipinski definition) is 5. The van der Waals surface area contributed by atoms with E-state index in [4.69, 9.17) is 21.3 Å². The number of nitriles is 1. The lowest BCUT2D eigenvalue weighted by Gasteiger charge is -2.02. The molecule has 0 saturated carbocycles. The Labute approximate surface area is 141 Å². The van der Waals surface area contributed by atoms with Gasteiger partial charge in [0.1, 0.15) is 10.9 Å². The Hall–Kier alpha value is -2.49. The highest BCUT2D eigenvalue weighted by Crippen LogP contribution is 2.27. The van der Waals surface area contributed by atoms with E-state index in [0.29, 0.717) is 27.7 Å². The minimum Gasteiger partial charge on any atom is -0.436 e. The number of thiocyanates is 1. The fourth-order valence-corrected chi connectivity index (χ4v) is 2.41. The Morgan fingerprint density at radius 3 is 2.83 bits per heavy atom. The second kappa shape index (κ2) is 6.73. The number of carbonyl (C=O) groups is 1. The van der Waals surface area contributed by atoms with Crippen LogP contribution in [0.4, 0.5) is 5.69 Å². The summed E-state index contributed by atoms with van der Waals surface area (Å²) in [6.45, 7) is 0. The van der Waals surface area contributed by atoms with Gasteiger partial charge in [-0.1, -0.05) is 11.6 Å². The maximum atomic E-state index is 11.6.